The van der Waals surface area contributed by atoms with Gasteiger partial charge in [0.25, 0.3) is 0 Å². The van der Waals surface area contributed by atoms with Crippen LogP contribution in [0.2, 0.25) is 0 Å². The molecule has 2 aromatic carbocycles. The molecular formula is C22H21N3O4S. The van der Waals surface area contributed by atoms with Gasteiger partial charge in [0, 0.05) is 34.1 Å². The summed E-state index contributed by atoms with van der Waals surface area (Å²) in [6, 6.07) is 12.5. The maximum absolute atomic E-state index is 12.8. The molecule has 0 spiro atoms. The number of anilines is 1. The van der Waals surface area contributed by atoms with Crippen LogP contribution in [-0.2, 0) is 4.79 Å². The molecule has 4 rings (SSSR count). The molecule has 2 aromatic heterocycles. The summed E-state index contributed by atoms with van der Waals surface area (Å²) in [7, 11) is 3.12. The minimum atomic E-state index is -0.526. The van der Waals surface area contributed by atoms with E-state index in [0.717, 1.165) is 10.9 Å². The SMILES string of the molecule is COc1cccc(C(CC(=O)Nc2nccs2)n2cc3ccccc3c2O)c1OC. The third-order valence-electron chi connectivity index (χ3n) is 4.91. The quantitative estimate of drug-likeness (QED) is 0.459. The fraction of sp³-hybridized carbons (Fsp3) is 0.182. The van der Waals surface area contributed by atoms with Crippen molar-refractivity contribution in [3.63, 3.8) is 0 Å². The van der Waals surface area contributed by atoms with E-state index in [0.29, 0.717) is 22.0 Å². The van der Waals surface area contributed by atoms with Gasteiger partial charge in [-0.15, -0.1) is 11.3 Å². The van der Waals surface area contributed by atoms with Crippen LogP contribution in [0.3, 0.4) is 0 Å². The van der Waals surface area contributed by atoms with E-state index in [4.69, 9.17) is 9.47 Å². The van der Waals surface area contributed by atoms with Gasteiger partial charge in [-0.2, -0.15) is 0 Å². The van der Waals surface area contributed by atoms with Crippen LogP contribution in [0, 0.1) is 0 Å². The Kier molecular flexibility index (Phi) is 5.58. The number of aromatic nitrogens is 2. The molecule has 7 nitrogen and oxygen atoms in total. The number of carbonyl (C=O) groups excluding carboxylic acids is 1. The van der Waals surface area contributed by atoms with Gasteiger partial charge in [0.15, 0.2) is 22.5 Å². The first-order valence-corrected chi connectivity index (χ1v) is 10.2. The summed E-state index contributed by atoms with van der Waals surface area (Å²) in [5.74, 6) is 0.931. The first-order valence-electron chi connectivity index (χ1n) is 9.31. The van der Waals surface area contributed by atoms with Crippen molar-refractivity contribution in [2.45, 2.75) is 12.5 Å². The van der Waals surface area contributed by atoms with E-state index in [-0.39, 0.29) is 18.2 Å². The molecule has 1 atom stereocenters. The number of amides is 1. The van der Waals surface area contributed by atoms with Gasteiger partial charge in [-0.25, -0.2) is 4.98 Å². The van der Waals surface area contributed by atoms with Crippen LogP contribution in [0.1, 0.15) is 18.0 Å². The second kappa shape index (κ2) is 8.46. The zero-order valence-corrected chi connectivity index (χ0v) is 17.3. The van der Waals surface area contributed by atoms with Gasteiger partial charge in [-0.1, -0.05) is 30.3 Å². The number of thiazole rings is 1. The first kappa shape index (κ1) is 19.8. The highest BCUT2D eigenvalue weighted by atomic mass is 32.1. The highest BCUT2D eigenvalue weighted by Gasteiger charge is 2.26. The third kappa shape index (κ3) is 3.69. The van der Waals surface area contributed by atoms with Crippen molar-refractivity contribution >= 4 is 33.1 Å². The maximum Gasteiger partial charge on any atom is 0.228 e. The van der Waals surface area contributed by atoms with E-state index in [1.165, 1.54) is 11.3 Å². The van der Waals surface area contributed by atoms with Gasteiger partial charge < -0.3 is 24.5 Å². The Morgan fingerprint density at radius 3 is 2.73 bits per heavy atom. The second-order valence-corrected chi connectivity index (χ2v) is 7.53. The summed E-state index contributed by atoms with van der Waals surface area (Å²) in [4.78, 5) is 16.9. The molecule has 0 radical (unpaired) electrons. The van der Waals surface area contributed by atoms with Crippen molar-refractivity contribution in [1.82, 2.24) is 9.55 Å². The van der Waals surface area contributed by atoms with E-state index in [9.17, 15) is 9.90 Å². The number of benzene rings is 2. The Balaban J connectivity index is 1.80. The molecule has 30 heavy (non-hydrogen) atoms. The Morgan fingerprint density at radius 2 is 2.03 bits per heavy atom. The standard InChI is InChI=1S/C22H21N3O4S/c1-28-18-9-5-8-16(20(18)29-2)17(12-19(26)24-22-23-10-11-30-22)25-13-14-6-3-4-7-15(14)21(25)27/h3-11,13,17,27H,12H2,1-2H3,(H,23,24,26). The number of nitrogens with zero attached hydrogens (tertiary/aromatic N) is 2. The van der Waals surface area contributed by atoms with Crippen molar-refractivity contribution < 1.29 is 19.4 Å². The van der Waals surface area contributed by atoms with E-state index < -0.39 is 6.04 Å². The Labute approximate surface area is 177 Å². The number of nitrogens with one attached hydrogen (secondary N) is 1. The van der Waals surface area contributed by atoms with Crippen molar-refractivity contribution in [2.75, 3.05) is 19.5 Å². The molecule has 4 aromatic rings. The Hall–Kier alpha value is -3.52. The first-order chi connectivity index (χ1) is 14.6. The van der Waals surface area contributed by atoms with Crippen LogP contribution >= 0.6 is 11.3 Å². The summed E-state index contributed by atoms with van der Waals surface area (Å²) >= 11 is 1.35. The van der Waals surface area contributed by atoms with Crippen molar-refractivity contribution in [3.8, 4) is 17.4 Å². The van der Waals surface area contributed by atoms with Gasteiger partial charge in [0.1, 0.15) is 0 Å². The van der Waals surface area contributed by atoms with Gasteiger partial charge in [0.05, 0.1) is 26.7 Å². The largest absolute Gasteiger partial charge is 0.494 e. The van der Waals surface area contributed by atoms with Crippen molar-refractivity contribution in [3.05, 3.63) is 65.8 Å². The summed E-state index contributed by atoms with van der Waals surface area (Å²) in [5.41, 5.74) is 0.724. The van der Waals surface area contributed by atoms with Crippen LogP contribution in [0.5, 0.6) is 17.4 Å². The van der Waals surface area contributed by atoms with Gasteiger partial charge in [-0.05, 0) is 12.1 Å². The average Bonchev–Trinajstić information content (AvgIpc) is 3.39. The molecule has 0 aliphatic carbocycles. The lowest BCUT2D eigenvalue weighted by Gasteiger charge is -2.23. The smallest absolute Gasteiger partial charge is 0.228 e. The monoisotopic (exact) mass is 423 g/mol. The zero-order valence-electron chi connectivity index (χ0n) is 16.5. The molecule has 1 amide bonds. The van der Waals surface area contributed by atoms with Crippen LogP contribution in [0.4, 0.5) is 5.13 Å². The predicted octanol–water partition coefficient (Wildman–Crippen LogP) is 4.44. The highest BCUT2D eigenvalue weighted by Crippen LogP contribution is 2.41. The predicted molar refractivity (Wildman–Crippen MR) is 117 cm³/mol. The lowest BCUT2D eigenvalue weighted by molar-refractivity contribution is -0.116. The van der Waals surface area contributed by atoms with E-state index in [1.54, 1.807) is 36.4 Å². The minimum absolute atomic E-state index is 0.0671. The molecule has 8 heteroatoms. The molecule has 2 heterocycles. The number of aromatic hydroxyl groups is 1. The summed E-state index contributed by atoms with van der Waals surface area (Å²) < 4.78 is 12.7. The van der Waals surface area contributed by atoms with Crippen LogP contribution < -0.4 is 14.8 Å². The molecule has 0 fully saturated rings. The number of carbonyl (C=O) groups is 1. The normalized spacial score (nSPS) is 11.9. The number of hydrogen-bond acceptors (Lipinski definition) is 6. The molecule has 0 saturated carbocycles. The number of hydrogen-bond donors (Lipinski definition) is 2. The lowest BCUT2D eigenvalue weighted by Crippen LogP contribution is -2.20. The molecular weight excluding hydrogens is 402 g/mol. The third-order valence-corrected chi connectivity index (χ3v) is 5.60. The number of fused-ring (bicyclic) bond motifs is 1. The highest BCUT2D eigenvalue weighted by molar-refractivity contribution is 7.13. The van der Waals surface area contributed by atoms with Crippen LogP contribution in [-0.4, -0.2) is 34.8 Å². The fourth-order valence-corrected chi connectivity index (χ4v) is 4.11. The molecule has 0 aliphatic heterocycles. The zero-order chi connectivity index (χ0) is 21.1. The van der Waals surface area contributed by atoms with Gasteiger partial charge in [-0.3, -0.25) is 4.79 Å². The number of rotatable bonds is 7. The van der Waals surface area contributed by atoms with E-state index >= 15 is 0 Å². The number of methoxy groups -OCH3 is 2. The maximum atomic E-state index is 12.8. The van der Waals surface area contributed by atoms with E-state index in [1.807, 2.05) is 42.6 Å². The molecule has 154 valence electrons. The van der Waals surface area contributed by atoms with Crippen LogP contribution in [0.25, 0.3) is 10.8 Å². The summed E-state index contributed by atoms with van der Waals surface area (Å²) in [6.07, 6.45) is 3.54. The Bertz CT molecular complexity index is 1170. The average molecular weight is 423 g/mol. The number of para-hydroxylation sites is 1. The van der Waals surface area contributed by atoms with Crippen molar-refractivity contribution in [1.29, 1.82) is 0 Å². The fourth-order valence-electron chi connectivity index (χ4n) is 3.56. The van der Waals surface area contributed by atoms with Gasteiger partial charge >= 0.3 is 0 Å². The minimum Gasteiger partial charge on any atom is -0.494 e. The van der Waals surface area contributed by atoms with Gasteiger partial charge in [0.2, 0.25) is 5.91 Å². The molecule has 1 unspecified atom stereocenters. The molecule has 0 saturated heterocycles. The Morgan fingerprint density at radius 1 is 1.20 bits per heavy atom. The lowest BCUT2D eigenvalue weighted by atomic mass is 10.0. The summed E-state index contributed by atoms with van der Waals surface area (Å²) in [6.45, 7) is 0. The summed E-state index contributed by atoms with van der Waals surface area (Å²) in [5, 5.41) is 17.7. The molecule has 2 N–H and O–H groups in total. The molecule has 0 bridgehead atoms. The topological polar surface area (TPSA) is 85.6 Å². The van der Waals surface area contributed by atoms with Crippen molar-refractivity contribution in [2.24, 2.45) is 0 Å². The van der Waals surface area contributed by atoms with Crippen LogP contribution in [0.15, 0.2) is 60.2 Å². The van der Waals surface area contributed by atoms with E-state index in [2.05, 4.69) is 10.3 Å². The molecule has 0 aliphatic rings. The second-order valence-electron chi connectivity index (χ2n) is 6.64. The number of ether oxygens (including phenoxy) is 2.